The summed E-state index contributed by atoms with van der Waals surface area (Å²) >= 11 is 2.85. The fourth-order valence-corrected chi connectivity index (χ4v) is 5.69. The zero-order chi connectivity index (χ0) is 25.8. The summed E-state index contributed by atoms with van der Waals surface area (Å²) in [6.07, 6.45) is -0.822. The van der Waals surface area contributed by atoms with Gasteiger partial charge >= 0.3 is 12.3 Å². The van der Waals surface area contributed by atoms with Crippen molar-refractivity contribution >= 4 is 29.3 Å². The first kappa shape index (κ1) is 26.3. The molecule has 3 aromatic rings. The van der Waals surface area contributed by atoms with Crippen LogP contribution in [0.4, 0.5) is 13.2 Å². The number of benzene rings is 2. The Hall–Kier alpha value is -2.79. The molecule has 0 unspecified atom stereocenters. The number of esters is 1. The van der Waals surface area contributed by atoms with Crippen LogP contribution in [0.15, 0.2) is 47.4 Å². The van der Waals surface area contributed by atoms with Crippen LogP contribution in [0.2, 0.25) is 0 Å². The van der Waals surface area contributed by atoms with Crippen LogP contribution in [0.5, 0.6) is 11.5 Å². The van der Waals surface area contributed by atoms with Gasteiger partial charge in [0.2, 0.25) is 5.60 Å². The van der Waals surface area contributed by atoms with Crippen LogP contribution in [-0.2, 0) is 21.7 Å². The average molecular weight is 539 g/mol. The van der Waals surface area contributed by atoms with E-state index in [1.54, 1.807) is 11.8 Å². The van der Waals surface area contributed by atoms with Gasteiger partial charge in [0.1, 0.15) is 16.5 Å². The number of rotatable bonds is 9. The van der Waals surface area contributed by atoms with E-state index in [1.165, 1.54) is 42.9 Å². The lowest BCUT2D eigenvalue weighted by Crippen LogP contribution is -2.43. The van der Waals surface area contributed by atoms with Gasteiger partial charge in [-0.15, -0.1) is 24.9 Å². The second-order valence-corrected chi connectivity index (χ2v) is 10.2. The van der Waals surface area contributed by atoms with E-state index < -0.39 is 12.0 Å². The molecule has 11 heteroatoms. The summed E-state index contributed by atoms with van der Waals surface area (Å²) in [5.41, 5.74) is 0.709. The van der Waals surface area contributed by atoms with E-state index in [0.717, 1.165) is 34.7 Å². The first-order valence-electron chi connectivity index (χ1n) is 11.4. The fraction of sp³-hybridized carbons (Fsp3) is 0.400. The number of hydrogen-bond acceptors (Lipinski definition) is 8. The highest BCUT2D eigenvalue weighted by Gasteiger charge is 2.45. The quantitative estimate of drug-likeness (QED) is 0.219. The minimum absolute atomic E-state index is 0.290. The number of alkyl halides is 3. The Bertz CT molecular complexity index is 1190. The molecule has 36 heavy (non-hydrogen) atoms. The molecule has 1 aliphatic carbocycles. The number of aryl methyl sites for hydroxylation is 1. The maximum absolute atomic E-state index is 12.4. The van der Waals surface area contributed by atoms with Gasteiger partial charge in [-0.05, 0) is 91.7 Å². The number of methoxy groups -OCH3 is 1. The van der Waals surface area contributed by atoms with Crippen LogP contribution < -0.4 is 9.47 Å². The van der Waals surface area contributed by atoms with Crippen molar-refractivity contribution in [3.8, 4) is 22.9 Å². The summed E-state index contributed by atoms with van der Waals surface area (Å²) in [5, 5.41) is 0.791. The number of carbonyl (C=O) groups is 1. The minimum atomic E-state index is -4.73. The maximum Gasteiger partial charge on any atom is 0.573 e. The molecule has 4 rings (SSSR count). The normalized spacial score (nSPS) is 15.0. The topological polar surface area (TPSA) is 70.5 Å². The van der Waals surface area contributed by atoms with Crippen molar-refractivity contribution in [1.82, 2.24) is 9.36 Å². The fourth-order valence-electron chi connectivity index (χ4n) is 4.09. The van der Waals surface area contributed by atoms with Crippen molar-refractivity contribution < 1.29 is 32.2 Å². The Morgan fingerprint density at radius 2 is 1.86 bits per heavy atom. The number of halogens is 3. The molecule has 0 radical (unpaired) electrons. The lowest BCUT2D eigenvalue weighted by Gasteiger charge is -2.28. The van der Waals surface area contributed by atoms with Crippen molar-refractivity contribution in [2.24, 2.45) is 0 Å². The number of thioether (sulfide) groups is 1. The second-order valence-electron chi connectivity index (χ2n) is 8.29. The van der Waals surface area contributed by atoms with Gasteiger partial charge in [0.15, 0.2) is 5.82 Å². The zero-order valence-corrected chi connectivity index (χ0v) is 21.4. The van der Waals surface area contributed by atoms with E-state index in [-0.39, 0.29) is 11.7 Å². The van der Waals surface area contributed by atoms with Crippen molar-refractivity contribution in [3.05, 3.63) is 53.0 Å². The molecule has 0 spiro atoms. The Labute approximate surface area is 215 Å². The van der Waals surface area contributed by atoms with Crippen molar-refractivity contribution in [1.29, 1.82) is 0 Å². The molecule has 0 atom stereocenters. The molecule has 6 nitrogen and oxygen atoms in total. The lowest BCUT2D eigenvalue weighted by atomic mass is 10.0. The molecule has 0 saturated heterocycles. The molecule has 0 bridgehead atoms. The Balaban J connectivity index is 1.40. The number of ether oxygens (including phenoxy) is 3. The third-order valence-electron chi connectivity index (χ3n) is 5.86. The molecule has 0 aliphatic heterocycles. The van der Waals surface area contributed by atoms with Crippen LogP contribution in [0.1, 0.15) is 43.2 Å². The van der Waals surface area contributed by atoms with Gasteiger partial charge in [-0.3, -0.25) is 0 Å². The van der Waals surface area contributed by atoms with E-state index in [2.05, 4.69) is 20.2 Å². The Kier molecular flexibility index (Phi) is 8.09. The van der Waals surface area contributed by atoms with Gasteiger partial charge in [0.25, 0.3) is 0 Å². The van der Waals surface area contributed by atoms with Gasteiger partial charge in [-0.25, -0.2) is 9.78 Å². The summed E-state index contributed by atoms with van der Waals surface area (Å²) in [6, 6.07) is 11.4. The summed E-state index contributed by atoms with van der Waals surface area (Å²) in [6.45, 7) is 2.04. The van der Waals surface area contributed by atoms with Crippen LogP contribution in [0, 0.1) is 0 Å². The SMILES string of the molecule is CCc1cc(SCc2nc(-c3ccc(OC(F)(F)F)cc3)ns2)ccc1OC1(C(=O)OC)CCCC1. The summed E-state index contributed by atoms with van der Waals surface area (Å²) in [5.74, 6) is 1.13. The summed E-state index contributed by atoms with van der Waals surface area (Å²) in [7, 11) is 1.39. The predicted octanol–water partition coefficient (Wildman–Crippen LogP) is 6.82. The van der Waals surface area contributed by atoms with Gasteiger partial charge < -0.3 is 14.2 Å². The number of aromatic nitrogens is 2. The molecule has 1 aromatic heterocycles. The monoisotopic (exact) mass is 538 g/mol. The summed E-state index contributed by atoms with van der Waals surface area (Å²) < 4.78 is 56.6. The Morgan fingerprint density at radius 3 is 2.50 bits per heavy atom. The molecule has 1 fully saturated rings. The van der Waals surface area contributed by atoms with Gasteiger partial charge in [0, 0.05) is 10.5 Å². The lowest BCUT2D eigenvalue weighted by molar-refractivity contribution is -0.274. The van der Waals surface area contributed by atoms with Crippen LogP contribution >= 0.6 is 23.3 Å². The zero-order valence-electron chi connectivity index (χ0n) is 19.8. The van der Waals surface area contributed by atoms with Crippen LogP contribution in [-0.4, -0.2) is 34.4 Å². The smallest absolute Gasteiger partial charge is 0.475 e. The molecule has 2 aromatic carbocycles. The van der Waals surface area contributed by atoms with Crippen molar-refractivity contribution in [2.75, 3.05) is 7.11 Å². The molecule has 1 heterocycles. The molecular formula is C25H25F3N2O4S2. The first-order chi connectivity index (χ1) is 17.2. The minimum Gasteiger partial charge on any atom is -0.475 e. The maximum atomic E-state index is 12.4. The third kappa shape index (κ3) is 6.31. The van der Waals surface area contributed by atoms with Gasteiger partial charge in [-0.1, -0.05) is 6.92 Å². The largest absolute Gasteiger partial charge is 0.573 e. The summed E-state index contributed by atoms with van der Waals surface area (Å²) in [4.78, 5) is 18.0. The van der Waals surface area contributed by atoms with E-state index in [4.69, 9.17) is 9.47 Å². The first-order valence-corrected chi connectivity index (χ1v) is 13.2. The molecule has 1 aliphatic rings. The standard InChI is InChI=1S/C25H25F3N2O4S2/c1-3-16-14-19(10-11-20(16)34-24(23(31)32-2)12-4-5-13-24)35-15-21-29-22(30-36-21)17-6-8-18(9-7-17)33-25(26,27)28/h6-11,14H,3-5,12-13,15H2,1-2H3. The number of carbonyl (C=O) groups excluding carboxylic acids is 1. The third-order valence-corrected chi connectivity index (χ3v) is 7.76. The molecule has 192 valence electrons. The van der Waals surface area contributed by atoms with E-state index in [1.807, 2.05) is 19.1 Å². The highest BCUT2D eigenvalue weighted by molar-refractivity contribution is 7.98. The predicted molar refractivity (Wildman–Crippen MR) is 131 cm³/mol. The molecular weight excluding hydrogens is 513 g/mol. The molecule has 0 N–H and O–H groups in total. The van der Waals surface area contributed by atoms with Crippen LogP contribution in [0.3, 0.4) is 0 Å². The van der Waals surface area contributed by atoms with Crippen molar-refractivity contribution in [2.45, 2.75) is 61.6 Å². The van der Waals surface area contributed by atoms with Gasteiger partial charge in [-0.2, -0.15) is 4.37 Å². The van der Waals surface area contributed by atoms with Gasteiger partial charge in [0.05, 0.1) is 12.9 Å². The van der Waals surface area contributed by atoms with E-state index in [9.17, 15) is 18.0 Å². The number of hydrogen-bond donors (Lipinski definition) is 0. The van der Waals surface area contributed by atoms with E-state index in [0.29, 0.717) is 35.7 Å². The average Bonchev–Trinajstić information content (AvgIpc) is 3.53. The van der Waals surface area contributed by atoms with E-state index >= 15 is 0 Å². The highest BCUT2D eigenvalue weighted by Crippen LogP contribution is 2.38. The number of nitrogens with zero attached hydrogens (tertiary/aromatic N) is 2. The molecule has 1 saturated carbocycles. The highest BCUT2D eigenvalue weighted by atomic mass is 32.2. The second kappa shape index (κ2) is 11.1. The van der Waals surface area contributed by atoms with Crippen LogP contribution in [0.25, 0.3) is 11.4 Å². The Morgan fingerprint density at radius 1 is 1.14 bits per heavy atom. The molecule has 0 amide bonds. The van der Waals surface area contributed by atoms with Crippen molar-refractivity contribution in [3.63, 3.8) is 0 Å².